The highest BCUT2D eigenvalue weighted by atomic mass is 35.5. The Morgan fingerprint density at radius 2 is 1.52 bits per heavy atom. The zero-order chi connectivity index (χ0) is 21.5. The van der Waals surface area contributed by atoms with Crippen molar-refractivity contribution in [2.45, 2.75) is 12.8 Å². The van der Waals surface area contributed by atoms with Crippen LogP contribution >= 0.6 is 11.6 Å². The lowest BCUT2D eigenvalue weighted by Crippen LogP contribution is -2.38. The average Bonchev–Trinajstić information content (AvgIpc) is 3.08. The highest BCUT2D eigenvalue weighted by molar-refractivity contribution is 6.30. The van der Waals surface area contributed by atoms with Crippen molar-refractivity contribution >= 4 is 41.2 Å². The lowest BCUT2D eigenvalue weighted by molar-refractivity contribution is -0.124. The zero-order valence-corrected chi connectivity index (χ0v) is 17.3. The van der Waals surface area contributed by atoms with Crippen LogP contribution in [0.3, 0.4) is 0 Å². The molecule has 7 heteroatoms. The Kier molecular flexibility index (Phi) is 4.94. The highest BCUT2D eigenvalue weighted by Crippen LogP contribution is 2.50. The summed E-state index contributed by atoms with van der Waals surface area (Å²) in [6.07, 6.45) is 7.65. The number of allylic oxidation sites excluding steroid dienone is 2. The molecule has 6 nitrogen and oxygen atoms in total. The van der Waals surface area contributed by atoms with Crippen molar-refractivity contribution in [3.05, 3.63) is 76.8 Å². The number of hydrogen-bond acceptors (Lipinski definition) is 4. The van der Waals surface area contributed by atoms with Crippen LogP contribution in [-0.4, -0.2) is 23.9 Å². The van der Waals surface area contributed by atoms with Gasteiger partial charge in [0.2, 0.25) is 11.8 Å². The van der Waals surface area contributed by atoms with E-state index < -0.39 is 0 Å². The summed E-state index contributed by atoms with van der Waals surface area (Å²) in [5, 5.41) is 4.58. The number of halogens is 1. The maximum absolute atomic E-state index is 13.0. The highest BCUT2D eigenvalue weighted by Gasteiger charge is 2.56. The summed E-state index contributed by atoms with van der Waals surface area (Å²) in [4.78, 5) is 39.7. The largest absolute Gasteiger partial charge is 0.274 e. The van der Waals surface area contributed by atoms with Gasteiger partial charge in [0.05, 0.1) is 23.7 Å². The second kappa shape index (κ2) is 7.78. The van der Waals surface area contributed by atoms with Crippen molar-refractivity contribution in [1.82, 2.24) is 5.43 Å². The van der Waals surface area contributed by atoms with E-state index in [-0.39, 0.29) is 41.4 Å². The molecule has 3 amide bonds. The average molecular weight is 434 g/mol. The van der Waals surface area contributed by atoms with Crippen LogP contribution in [0.4, 0.5) is 5.69 Å². The Morgan fingerprint density at radius 1 is 0.935 bits per heavy atom. The van der Waals surface area contributed by atoms with Gasteiger partial charge in [0.1, 0.15) is 0 Å². The third-order valence-electron chi connectivity index (χ3n) is 6.40. The van der Waals surface area contributed by atoms with E-state index in [2.05, 4.69) is 22.7 Å². The standard InChI is InChI=1S/C24H20ClN3O3/c25-18-9-1-14(2-10-18)13-26-27-22(29)17-7-11-19(12-8-17)28-23(30)20-15-3-4-16(6-5-15)21(20)24(28)31/h1-4,7-13,15-16,20-21H,5-6H2,(H,27,29)/b26-13+. The minimum Gasteiger partial charge on any atom is -0.274 e. The number of imide groups is 1. The van der Waals surface area contributed by atoms with Crippen LogP contribution in [-0.2, 0) is 9.59 Å². The molecule has 4 atom stereocenters. The fraction of sp³-hybridized carbons (Fsp3) is 0.250. The third kappa shape index (κ3) is 3.47. The summed E-state index contributed by atoms with van der Waals surface area (Å²) in [7, 11) is 0. The number of carbonyl (C=O) groups excluding carboxylic acids is 3. The fourth-order valence-corrected chi connectivity index (χ4v) is 5.00. The summed E-state index contributed by atoms with van der Waals surface area (Å²) < 4.78 is 0. The van der Waals surface area contributed by atoms with E-state index in [1.807, 2.05) is 0 Å². The van der Waals surface area contributed by atoms with Gasteiger partial charge in [-0.05, 0) is 66.6 Å². The normalized spacial score (nSPS) is 26.5. The number of nitrogens with one attached hydrogen (secondary N) is 1. The third-order valence-corrected chi connectivity index (χ3v) is 6.65. The topological polar surface area (TPSA) is 78.8 Å². The minimum absolute atomic E-state index is 0.126. The number of rotatable bonds is 4. The first-order valence-corrected chi connectivity index (χ1v) is 10.7. The van der Waals surface area contributed by atoms with Gasteiger partial charge in [-0.25, -0.2) is 5.43 Å². The molecule has 31 heavy (non-hydrogen) atoms. The van der Waals surface area contributed by atoms with E-state index in [4.69, 9.17) is 11.6 Å². The van der Waals surface area contributed by atoms with E-state index in [9.17, 15) is 14.4 Å². The molecule has 4 unspecified atom stereocenters. The van der Waals surface area contributed by atoms with Crippen molar-refractivity contribution in [2.24, 2.45) is 28.8 Å². The zero-order valence-electron chi connectivity index (χ0n) is 16.6. The van der Waals surface area contributed by atoms with Crippen LogP contribution in [0.15, 0.2) is 65.8 Å². The summed E-state index contributed by atoms with van der Waals surface area (Å²) in [5.41, 5.74) is 4.16. The van der Waals surface area contributed by atoms with Crippen molar-refractivity contribution in [2.75, 3.05) is 4.90 Å². The fourth-order valence-electron chi connectivity index (χ4n) is 4.87. The molecule has 1 aliphatic heterocycles. The minimum atomic E-state index is -0.383. The predicted octanol–water partition coefficient (Wildman–Crippen LogP) is 3.81. The molecule has 2 fully saturated rings. The van der Waals surface area contributed by atoms with Gasteiger partial charge in [-0.1, -0.05) is 35.9 Å². The van der Waals surface area contributed by atoms with Crippen LogP contribution in [0.2, 0.25) is 5.02 Å². The van der Waals surface area contributed by atoms with Crippen LogP contribution in [0.25, 0.3) is 0 Å². The Hall–Kier alpha value is -3.25. The molecular weight excluding hydrogens is 414 g/mol. The molecule has 1 saturated heterocycles. The van der Waals surface area contributed by atoms with Gasteiger partial charge in [-0.2, -0.15) is 5.10 Å². The number of nitrogens with zero attached hydrogens (tertiary/aromatic N) is 2. The van der Waals surface area contributed by atoms with Gasteiger partial charge in [-0.3, -0.25) is 19.3 Å². The Morgan fingerprint density at radius 3 is 2.06 bits per heavy atom. The maximum Gasteiger partial charge on any atom is 0.271 e. The number of hydrogen-bond donors (Lipinski definition) is 1. The molecule has 0 aromatic heterocycles. The van der Waals surface area contributed by atoms with Crippen molar-refractivity contribution in [1.29, 1.82) is 0 Å². The molecule has 4 aliphatic rings. The van der Waals surface area contributed by atoms with Gasteiger partial charge in [-0.15, -0.1) is 0 Å². The molecule has 1 heterocycles. The molecule has 1 saturated carbocycles. The lowest BCUT2D eigenvalue weighted by Gasteiger charge is -2.38. The summed E-state index contributed by atoms with van der Waals surface area (Å²) in [6.45, 7) is 0. The van der Waals surface area contributed by atoms with E-state index in [1.54, 1.807) is 48.5 Å². The summed E-state index contributed by atoms with van der Waals surface area (Å²) >= 11 is 5.84. The molecule has 2 aromatic rings. The molecule has 2 bridgehead atoms. The first-order valence-electron chi connectivity index (χ1n) is 10.3. The number of hydrazone groups is 1. The second-order valence-corrected chi connectivity index (χ2v) is 8.59. The van der Waals surface area contributed by atoms with E-state index >= 15 is 0 Å². The first kappa shape index (κ1) is 19.7. The van der Waals surface area contributed by atoms with Gasteiger partial charge < -0.3 is 0 Å². The quantitative estimate of drug-likeness (QED) is 0.344. The van der Waals surface area contributed by atoms with Crippen LogP contribution in [0.5, 0.6) is 0 Å². The molecule has 0 spiro atoms. The van der Waals surface area contributed by atoms with Crippen LogP contribution in [0, 0.1) is 23.7 Å². The molecule has 3 aliphatic carbocycles. The van der Waals surface area contributed by atoms with Crippen molar-refractivity contribution in [3.63, 3.8) is 0 Å². The molecule has 1 N–H and O–H groups in total. The molecule has 2 aromatic carbocycles. The van der Waals surface area contributed by atoms with Crippen LogP contribution < -0.4 is 10.3 Å². The number of benzene rings is 2. The monoisotopic (exact) mass is 433 g/mol. The summed E-state index contributed by atoms with van der Waals surface area (Å²) in [6, 6.07) is 13.5. The number of carbonyl (C=O) groups is 3. The van der Waals surface area contributed by atoms with Gasteiger partial charge in [0.25, 0.3) is 5.91 Å². The van der Waals surface area contributed by atoms with Crippen molar-refractivity contribution < 1.29 is 14.4 Å². The van der Waals surface area contributed by atoms with E-state index in [1.165, 1.54) is 11.1 Å². The number of amides is 3. The smallest absolute Gasteiger partial charge is 0.271 e. The van der Waals surface area contributed by atoms with E-state index in [0.29, 0.717) is 16.3 Å². The predicted molar refractivity (Wildman–Crippen MR) is 118 cm³/mol. The summed E-state index contributed by atoms with van der Waals surface area (Å²) in [5.74, 6) is -0.827. The molecule has 156 valence electrons. The van der Waals surface area contributed by atoms with Crippen LogP contribution in [0.1, 0.15) is 28.8 Å². The molecule has 6 rings (SSSR count). The lowest BCUT2D eigenvalue weighted by atomic mass is 9.63. The second-order valence-electron chi connectivity index (χ2n) is 8.15. The van der Waals surface area contributed by atoms with E-state index in [0.717, 1.165) is 18.4 Å². The van der Waals surface area contributed by atoms with Gasteiger partial charge in [0.15, 0.2) is 0 Å². The van der Waals surface area contributed by atoms with Gasteiger partial charge >= 0.3 is 0 Å². The maximum atomic E-state index is 13.0. The Balaban J connectivity index is 1.28. The van der Waals surface area contributed by atoms with Crippen molar-refractivity contribution in [3.8, 4) is 0 Å². The number of fused-ring (bicyclic) bond motifs is 1. The Labute approximate surface area is 184 Å². The molecular formula is C24H20ClN3O3. The molecule has 0 radical (unpaired) electrons. The SMILES string of the molecule is O=C(N/N=C/c1ccc(Cl)cc1)c1ccc(N2C(=O)C3C4C=CC(CC4)C3C2=O)cc1. The Bertz CT molecular complexity index is 1080. The number of anilines is 1. The first-order chi connectivity index (χ1) is 15.0. The van der Waals surface area contributed by atoms with Gasteiger partial charge in [0, 0.05) is 10.6 Å².